The molecule has 0 aliphatic rings. The molecule has 0 aliphatic heterocycles. The molecule has 78 valence electrons. The third-order valence-electron chi connectivity index (χ3n) is 2.19. The maximum atomic E-state index is 5.30. The maximum absolute atomic E-state index is 5.30. The molecule has 4 nitrogen and oxygen atoms in total. The van der Waals surface area contributed by atoms with E-state index >= 15 is 0 Å². The van der Waals surface area contributed by atoms with E-state index in [1.807, 2.05) is 32.0 Å². The summed E-state index contributed by atoms with van der Waals surface area (Å²) in [6.45, 7) is 3.88. The monoisotopic (exact) mass is 203 g/mol. The lowest BCUT2D eigenvalue weighted by atomic mass is 10.2. The third-order valence-corrected chi connectivity index (χ3v) is 2.19. The molecule has 2 aromatic rings. The first-order valence-electron chi connectivity index (χ1n) is 4.74. The van der Waals surface area contributed by atoms with Gasteiger partial charge in [0.05, 0.1) is 7.11 Å². The normalized spacial score (nSPS) is 10.3. The van der Waals surface area contributed by atoms with Crippen molar-refractivity contribution in [3.05, 3.63) is 35.9 Å². The number of ether oxygens (including phenoxy) is 1. The number of benzene rings is 1. The van der Waals surface area contributed by atoms with Crippen LogP contribution in [0.1, 0.15) is 11.4 Å². The van der Waals surface area contributed by atoms with Gasteiger partial charge >= 0.3 is 0 Å². The molecule has 0 radical (unpaired) electrons. The van der Waals surface area contributed by atoms with Crippen LogP contribution in [0.3, 0.4) is 0 Å². The van der Waals surface area contributed by atoms with Crippen LogP contribution in [0.2, 0.25) is 0 Å². The fraction of sp³-hybridized carbons (Fsp3) is 0.273. The molecule has 0 atom stereocenters. The van der Waals surface area contributed by atoms with Gasteiger partial charge in [0.1, 0.15) is 23.6 Å². The Morgan fingerprint density at radius 1 is 1.27 bits per heavy atom. The first kappa shape index (κ1) is 9.71. The van der Waals surface area contributed by atoms with Crippen molar-refractivity contribution in [2.45, 2.75) is 13.8 Å². The van der Waals surface area contributed by atoms with Crippen molar-refractivity contribution in [3.8, 4) is 11.4 Å². The molecule has 0 fully saturated rings. The molecule has 15 heavy (non-hydrogen) atoms. The molecule has 0 unspecified atom stereocenters. The zero-order valence-corrected chi connectivity index (χ0v) is 9.06. The molecule has 0 bridgehead atoms. The van der Waals surface area contributed by atoms with Crippen LogP contribution in [0.15, 0.2) is 24.5 Å². The van der Waals surface area contributed by atoms with E-state index in [4.69, 9.17) is 4.74 Å². The molecular formula is C11H13N3O. The van der Waals surface area contributed by atoms with E-state index in [1.54, 1.807) is 18.1 Å². The topological polar surface area (TPSA) is 39.9 Å². The zero-order chi connectivity index (χ0) is 10.8. The Hall–Kier alpha value is -1.84. The minimum Gasteiger partial charge on any atom is -0.494 e. The van der Waals surface area contributed by atoms with Gasteiger partial charge in [-0.25, -0.2) is 9.67 Å². The summed E-state index contributed by atoms with van der Waals surface area (Å²) in [5.41, 5.74) is 2.07. The van der Waals surface area contributed by atoms with E-state index < -0.39 is 0 Å². The Balaban J connectivity index is 2.52. The SMILES string of the molecule is COc1cc(C)ccc1-n1cnc(C)n1. The summed E-state index contributed by atoms with van der Waals surface area (Å²) < 4.78 is 7.02. The van der Waals surface area contributed by atoms with Gasteiger partial charge < -0.3 is 4.74 Å². The number of hydrogen-bond acceptors (Lipinski definition) is 3. The standard InChI is InChI=1S/C11H13N3O/c1-8-4-5-10(11(6-8)15-3)14-7-12-9(2)13-14/h4-7H,1-3H3. The van der Waals surface area contributed by atoms with Gasteiger partial charge in [0.25, 0.3) is 0 Å². The van der Waals surface area contributed by atoms with E-state index in [0.717, 1.165) is 22.8 Å². The molecule has 0 spiro atoms. The summed E-state index contributed by atoms with van der Waals surface area (Å²) in [4.78, 5) is 4.09. The van der Waals surface area contributed by atoms with Crippen LogP contribution in [-0.4, -0.2) is 21.9 Å². The van der Waals surface area contributed by atoms with Gasteiger partial charge in [-0.3, -0.25) is 0 Å². The van der Waals surface area contributed by atoms with Gasteiger partial charge in [0.15, 0.2) is 0 Å². The fourth-order valence-electron chi connectivity index (χ4n) is 1.44. The van der Waals surface area contributed by atoms with Gasteiger partial charge in [-0.05, 0) is 31.5 Å². The van der Waals surface area contributed by atoms with Crippen molar-refractivity contribution in [1.29, 1.82) is 0 Å². The second-order valence-electron chi connectivity index (χ2n) is 3.41. The molecule has 0 saturated heterocycles. The average molecular weight is 203 g/mol. The van der Waals surface area contributed by atoms with Crippen LogP contribution in [0, 0.1) is 13.8 Å². The summed E-state index contributed by atoms with van der Waals surface area (Å²) in [5, 5.41) is 4.24. The molecule has 4 heteroatoms. The van der Waals surface area contributed by atoms with Gasteiger partial charge in [-0.2, -0.15) is 5.10 Å². The Morgan fingerprint density at radius 3 is 2.67 bits per heavy atom. The molecule has 0 amide bonds. The van der Waals surface area contributed by atoms with Crippen LogP contribution < -0.4 is 4.74 Å². The number of aromatic nitrogens is 3. The number of rotatable bonds is 2. The summed E-state index contributed by atoms with van der Waals surface area (Å²) >= 11 is 0. The zero-order valence-electron chi connectivity index (χ0n) is 9.06. The second-order valence-corrected chi connectivity index (χ2v) is 3.41. The molecule has 1 aromatic carbocycles. The lowest BCUT2D eigenvalue weighted by Crippen LogP contribution is -1.99. The van der Waals surface area contributed by atoms with Gasteiger partial charge in [-0.1, -0.05) is 6.07 Å². The van der Waals surface area contributed by atoms with Crippen molar-refractivity contribution in [3.63, 3.8) is 0 Å². The molecule has 1 aromatic heterocycles. The average Bonchev–Trinajstić information content (AvgIpc) is 2.64. The fourth-order valence-corrected chi connectivity index (χ4v) is 1.44. The van der Waals surface area contributed by atoms with Crippen molar-refractivity contribution in [2.75, 3.05) is 7.11 Å². The van der Waals surface area contributed by atoms with Gasteiger partial charge in [-0.15, -0.1) is 0 Å². The quantitative estimate of drug-likeness (QED) is 0.748. The second kappa shape index (κ2) is 3.73. The predicted octanol–water partition coefficient (Wildman–Crippen LogP) is 1.89. The van der Waals surface area contributed by atoms with Crippen molar-refractivity contribution >= 4 is 0 Å². The highest BCUT2D eigenvalue weighted by molar-refractivity contribution is 5.47. The van der Waals surface area contributed by atoms with Gasteiger partial charge in [0.2, 0.25) is 0 Å². The van der Waals surface area contributed by atoms with Crippen LogP contribution in [-0.2, 0) is 0 Å². The predicted molar refractivity (Wildman–Crippen MR) is 57.4 cm³/mol. The lowest BCUT2D eigenvalue weighted by Gasteiger charge is -2.08. The Labute approximate surface area is 88.5 Å². The first-order valence-corrected chi connectivity index (χ1v) is 4.74. The maximum Gasteiger partial charge on any atom is 0.147 e. The van der Waals surface area contributed by atoms with Crippen LogP contribution in [0.5, 0.6) is 5.75 Å². The van der Waals surface area contributed by atoms with E-state index in [0.29, 0.717) is 0 Å². The molecule has 2 rings (SSSR count). The molecule has 0 saturated carbocycles. The van der Waals surface area contributed by atoms with Crippen LogP contribution >= 0.6 is 0 Å². The molecule has 0 N–H and O–H groups in total. The number of aryl methyl sites for hydroxylation is 2. The minimum atomic E-state index is 0.748. The van der Waals surface area contributed by atoms with E-state index in [2.05, 4.69) is 10.1 Å². The van der Waals surface area contributed by atoms with Crippen LogP contribution in [0.25, 0.3) is 5.69 Å². The largest absolute Gasteiger partial charge is 0.494 e. The third kappa shape index (κ3) is 1.83. The Kier molecular flexibility index (Phi) is 2.41. The summed E-state index contributed by atoms with van der Waals surface area (Å²) in [6, 6.07) is 5.98. The highest BCUT2D eigenvalue weighted by Gasteiger charge is 2.06. The van der Waals surface area contributed by atoms with E-state index in [-0.39, 0.29) is 0 Å². The Morgan fingerprint density at radius 2 is 2.07 bits per heavy atom. The summed E-state index contributed by atoms with van der Waals surface area (Å²) in [7, 11) is 1.65. The van der Waals surface area contributed by atoms with Crippen molar-refractivity contribution in [2.24, 2.45) is 0 Å². The van der Waals surface area contributed by atoms with Crippen molar-refractivity contribution < 1.29 is 4.74 Å². The smallest absolute Gasteiger partial charge is 0.147 e. The number of nitrogens with zero attached hydrogens (tertiary/aromatic N) is 3. The highest BCUT2D eigenvalue weighted by Crippen LogP contribution is 2.22. The van der Waals surface area contributed by atoms with E-state index in [1.165, 1.54) is 0 Å². The van der Waals surface area contributed by atoms with E-state index in [9.17, 15) is 0 Å². The molecule has 1 heterocycles. The first-order chi connectivity index (χ1) is 7.20. The Bertz CT molecular complexity index is 476. The minimum absolute atomic E-state index is 0.748. The molecule has 0 aliphatic carbocycles. The summed E-state index contributed by atoms with van der Waals surface area (Å²) in [5.74, 6) is 1.55. The number of hydrogen-bond donors (Lipinski definition) is 0. The van der Waals surface area contributed by atoms with Gasteiger partial charge in [0, 0.05) is 0 Å². The summed E-state index contributed by atoms with van der Waals surface area (Å²) in [6.07, 6.45) is 1.68. The number of methoxy groups -OCH3 is 1. The molecular weight excluding hydrogens is 190 g/mol. The lowest BCUT2D eigenvalue weighted by molar-refractivity contribution is 0.411. The highest BCUT2D eigenvalue weighted by atomic mass is 16.5. The van der Waals surface area contributed by atoms with Crippen LogP contribution in [0.4, 0.5) is 0 Å². The van der Waals surface area contributed by atoms with Crippen molar-refractivity contribution in [1.82, 2.24) is 14.8 Å².